The van der Waals surface area contributed by atoms with Crippen molar-refractivity contribution in [3.63, 3.8) is 0 Å². The SMILES string of the molecule is CC(CC(=O)CC1CCCCC1)C(C)(C)C. The van der Waals surface area contributed by atoms with E-state index in [0.717, 1.165) is 12.8 Å². The number of hydrogen-bond acceptors (Lipinski definition) is 1. The van der Waals surface area contributed by atoms with Crippen molar-refractivity contribution >= 4 is 5.78 Å². The van der Waals surface area contributed by atoms with Gasteiger partial charge in [0.15, 0.2) is 0 Å². The van der Waals surface area contributed by atoms with Gasteiger partial charge in [0.2, 0.25) is 0 Å². The lowest BCUT2D eigenvalue weighted by molar-refractivity contribution is -0.121. The van der Waals surface area contributed by atoms with E-state index < -0.39 is 0 Å². The highest BCUT2D eigenvalue weighted by atomic mass is 16.1. The lowest BCUT2D eigenvalue weighted by Crippen LogP contribution is -2.22. The van der Waals surface area contributed by atoms with Gasteiger partial charge in [-0.25, -0.2) is 0 Å². The number of hydrogen-bond donors (Lipinski definition) is 0. The molecule has 94 valence electrons. The second kappa shape index (κ2) is 5.84. The van der Waals surface area contributed by atoms with Gasteiger partial charge in [-0.3, -0.25) is 4.79 Å². The quantitative estimate of drug-likeness (QED) is 0.682. The Morgan fingerprint density at radius 2 is 1.75 bits per heavy atom. The molecule has 0 amide bonds. The minimum atomic E-state index is 0.266. The van der Waals surface area contributed by atoms with E-state index in [1.165, 1.54) is 32.1 Å². The van der Waals surface area contributed by atoms with Gasteiger partial charge in [0.25, 0.3) is 0 Å². The largest absolute Gasteiger partial charge is 0.300 e. The maximum Gasteiger partial charge on any atom is 0.133 e. The molecular weight excluding hydrogens is 196 g/mol. The van der Waals surface area contributed by atoms with Gasteiger partial charge in [-0.2, -0.15) is 0 Å². The van der Waals surface area contributed by atoms with Crippen molar-refractivity contribution in [1.82, 2.24) is 0 Å². The van der Waals surface area contributed by atoms with Crippen LogP contribution in [0.3, 0.4) is 0 Å². The normalized spacial score (nSPS) is 20.8. The predicted molar refractivity (Wildman–Crippen MR) is 69.4 cm³/mol. The van der Waals surface area contributed by atoms with Gasteiger partial charge in [0, 0.05) is 12.8 Å². The van der Waals surface area contributed by atoms with Crippen molar-refractivity contribution in [1.29, 1.82) is 0 Å². The Hall–Kier alpha value is -0.330. The average molecular weight is 224 g/mol. The summed E-state index contributed by atoms with van der Waals surface area (Å²) >= 11 is 0. The molecule has 1 aliphatic carbocycles. The molecular formula is C15H28O. The minimum Gasteiger partial charge on any atom is -0.300 e. The summed E-state index contributed by atoms with van der Waals surface area (Å²) in [5.74, 6) is 1.70. The number of Topliss-reactive ketones (excluding diaryl/α,β-unsaturated/α-hetero) is 1. The van der Waals surface area contributed by atoms with Gasteiger partial charge in [-0.05, 0) is 17.3 Å². The smallest absolute Gasteiger partial charge is 0.133 e. The van der Waals surface area contributed by atoms with E-state index >= 15 is 0 Å². The molecule has 0 aromatic carbocycles. The Morgan fingerprint density at radius 1 is 1.19 bits per heavy atom. The van der Waals surface area contributed by atoms with Crippen molar-refractivity contribution < 1.29 is 4.79 Å². The van der Waals surface area contributed by atoms with Crippen LogP contribution in [-0.4, -0.2) is 5.78 Å². The molecule has 1 rings (SSSR count). The third-order valence-corrected chi connectivity index (χ3v) is 4.25. The molecule has 16 heavy (non-hydrogen) atoms. The fourth-order valence-electron chi connectivity index (χ4n) is 2.44. The average Bonchev–Trinajstić information content (AvgIpc) is 2.17. The fourth-order valence-corrected chi connectivity index (χ4v) is 2.44. The summed E-state index contributed by atoms with van der Waals surface area (Å²) in [4.78, 5) is 12.0. The molecule has 1 unspecified atom stereocenters. The van der Waals surface area contributed by atoms with E-state index in [1.807, 2.05) is 0 Å². The molecule has 0 aromatic rings. The van der Waals surface area contributed by atoms with Gasteiger partial charge >= 0.3 is 0 Å². The lowest BCUT2D eigenvalue weighted by atomic mass is 9.77. The van der Waals surface area contributed by atoms with E-state index in [-0.39, 0.29) is 5.41 Å². The zero-order valence-electron chi connectivity index (χ0n) is 11.5. The third-order valence-electron chi connectivity index (χ3n) is 4.25. The van der Waals surface area contributed by atoms with Crippen LogP contribution in [0.4, 0.5) is 0 Å². The van der Waals surface area contributed by atoms with Crippen LogP contribution >= 0.6 is 0 Å². The van der Waals surface area contributed by atoms with Crippen LogP contribution in [-0.2, 0) is 4.79 Å². The lowest BCUT2D eigenvalue weighted by Gasteiger charge is -2.27. The molecule has 1 heteroatoms. The minimum absolute atomic E-state index is 0.266. The van der Waals surface area contributed by atoms with Crippen molar-refractivity contribution in [3.8, 4) is 0 Å². The molecule has 0 aromatic heterocycles. The van der Waals surface area contributed by atoms with Crippen LogP contribution in [0.1, 0.15) is 72.6 Å². The molecule has 0 radical (unpaired) electrons. The summed E-state index contributed by atoms with van der Waals surface area (Å²) in [5.41, 5.74) is 0.266. The fraction of sp³-hybridized carbons (Fsp3) is 0.933. The number of rotatable bonds is 4. The molecule has 0 spiro atoms. The Balaban J connectivity index is 2.29. The molecule has 1 nitrogen and oxygen atoms in total. The van der Waals surface area contributed by atoms with Crippen molar-refractivity contribution in [2.45, 2.75) is 72.6 Å². The zero-order valence-corrected chi connectivity index (χ0v) is 11.5. The first-order chi connectivity index (χ1) is 7.39. The Labute approximate surface area is 101 Å². The Kier molecular flexibility index (Phi) is 5.01. The third kappa shape index (κ3) is 4.67. The highest BCUT2D eigenvalue weighted by molar-refractivity contribution is 5.78. The summed E-state index contributed by atoms with van der Waals surface area (Å²) in [6, 6.07) is 0. The zero-order chi connectivity index (χ0) is 12.2. The van der Waals surface area contributed by atoms with Crippen LogP contribution in [0.25, 0.3) is 0 Å². The van der Waals surface area contributed by atoms with E-state index in [2.05, 4.69) is 27.7 Å². The molecule has 1 saturated carbocycles. The number of carbonyl (C=O) groups is 1. The van der Waals surface area contributed by atoms with Crippen LogP contribution in [0.2, 0.25) is 0 Å². The van der Waals surface area contributed by atoms with Crippen molar-refractivity contribution in [3.05, 3.63) is 0 Å². The van der Waals surface area contributed by atoms with Gasteiger partial charge in [-0.15, -0.1) is 0 Å². The van der Waals surface area contributed by atoms with Crippen molar-refractivity contribution in [2.75, 3.05) is 0 Å². The van der Waals surface area contributed by atoms with Gasteiger partial charge < -0.3 is 0 Å². The molecule has 0 N–H and O–H groups in total. The highest BCUT2D eigenvalue weighted by Gasteiger charge is 2.24. The highest BCUT2D eigenvalue weighted by Crippen LogP contribution is 2.31. The number of carbonyl (C=O) groups excluding carboxylic acids is 1. The monoisotopic (exact) mass is 224 g/mol. The van der Waals surface area contributed by atoms with E-state index in [9.17, 15) is 4.79 Å². The second-order valence-corrected chi connectivity index (χ2v) is 6.72. The Morgan fingerprint density at radius 3 is 2.25 bits per heavy atom. The second-order valence-electron chi connectivity index (χ2n) is 6.72. The molecule has 0 saturated heterocycles. The molecule has 0 aliphatic heterocycles. The summed E-state index contributed by atoms with van der Waals surface area (Å²) < 4.78 is 0. The van der Waals surface area contributed by atoms with Gasteiger partial charge in [0.1, 0.15) is 5.78 Å². The topological polar surface area (TPSA) is 17.1 Å². The summed E-state index contributed by atoms with van der Waals surface area (Å²) in [6.07, 6.45) is 8.26. The van der Waals surface area contributed by atoms with Gasteiger partial charge in [-0.1, -0.05) is 59.8 Å². The first-order valence-corrected chi connectivity index (χ1v) is 6.91. The van der Waals surface area contributed by atoms with Crippen molar-refractivity contribution in [2.24, 2.45) is 17.3 Å². The molecule has 1 aliphatic rings. The first kappa shape index (κ1) is 13.7. The van der Waals surface area contributed by atoms with E-state index in [0.29, 0.717) is 17.6 Å². The molecule has 1 fully saturated rings. The van der Waals surface area contributed by atoms with E-state index in [4.69, 9.17) is 0 Å². The van der Waals surface area contributed by atoms with Crippen LogP contribution < -0.4 is 0 Å². The summed E-state index contributed by atoms with van der Waals surface area (Å²) in [7, 11) is 0. The van der Waals surface area contributed by atoms with Crippen LogP contribution in [0.5, 0.6) is 0 Å². The number of ketones is 1. The molecule has 1 atom stereocenters. The van der Waals surface area contributed by atoms with E-state index in [1.54, 1.807) is 0 Å². The summed E-state index contributed by atoms with van der Waals surface area (Å²) in [5, 5.41) is 0. The first-order valence-electron chi connectivity index (χ1n) is 6.91. The predicted octanol–water partition coefficient (Wildman–Crippen LogP) is 4.60. The maximum absolute atomic E-state index is 12.0. The Bertz CT molecular complexity index is 218. The molecule has 0 heterocycles. The van der Waals surface area contributed by atoms with Crippen LogP contribution in [0, 0.1) is 17.3 Å². The summed E-state index contributed by atoms with van der Waals surface area (Å²) in [6.45, 7) is 8.89. The molecule has 0 bridgehead atoms. The maximum atomic E-state index is 12.0. The van der Waals surface area contributed by atoms with Crippen LogP contribution in [0.15, 0.2) is 0 Å². The standard InChI is InChI=1S/C15H28O/c1-12(15(2,3)4)10-14(16)11-13-8-6-5-7-9-13/h12-13H,5-11H2,1-4H3. The van der Waals surface area contributed by atoms with Gasteiger partial charge in [0.05, 0.1) is 0 Å².